The van der Waals surface area contributed by atoms with Gasteiger partial charge in [-0.05, 0) is 56.5 Å². The van der Waals surface area contributed by atoms with E-state index in [0.717, 1.165) is 31.0 Å². The largest absolute Gasteiger partial charge is 0.317 e. The minimum atomic E-state index is 0.908. The number of halogens is 1. The summed E-state index contributed by atoms with van der Waals surface area (Å²) in [6, 6.07) is 6.30. The Bertz CT molecular complexity index is 297. The summed E-state index contributed by atoms with van der Waals surface area (Å²) in [5.41, 5.74) is 2.49. The maximum Gasteiger partial charge on any atom is 0.0440 e. The number of nitrogens with one attached hydrogen (secondary N) is 1. The van der Waals surface area contributed by atoms with Crippen molar-refractivity contribution in [2.24, 2.45) is 0 Å². The molecule has 0 amide bonds. The predicted octanol–water partition coefficient (Wildman–Crippen LogP) is 3.58. The van der Waals surface area contributed by atoms with Gasteiger partial charge in [0.2, 0.25) is 0 Å². The molecular formula is C13H20ClN. The molecule has 15 heavy (non-hydrogen) atoms. The summed E-state index contributed by atoms with van der Waals surface area (Å²) >= 11 is 6.15. The second-order valence-electron chi connectivity index (χ2n) is 3.95. The van der Waals surface area contributed by atoms with E-state index in [0.29, 0.717) is 0 Å². The summed E-state index contributed by atoms with van der Waals surface area (Å²) in [6.07, 6.45) is 3.42. The van der Waals surface area contributed by atoms with Gasteiger partial charge in [-0.3, -0.25) is 0 Å². The van der Waals surface area contributed by atoms with Crippen molar-refractivity contribution in [3.8, 4) is 0 Å². The fraction of sp³-hybridized carbons (Fsp3) is 0.538. The van der Waals surface area contributed by atoms with E-state index in [-0.39, 0.29) is 0 Å². The Morgan fingerprint density at radius 1 is 1.27 bits per heavy atom. The molecule has 0 atom stereocenters. The maximum atomic E-state index is 6.15. The van der Waals surface area contributed by atoms with Gasteiger partial charge in [0, 0.05) is 5.02 Å². The highest BCUT2D eigenvalue weighted by Gasteiger charge is 1.99. The first-order valence-electron chi connectivity index (χ1n) is 5.69. The first-order valence-corrected chi connectivity index (χ1v) is 6.07. The van der Waals surface area contributed by atoms with Crippen molar-refractivity contribution in [3.63, 3.8) is 0 Å². The second-order valence-corrected chi connectivity index (χ2v) is 4.36. The molecule has 1 N–H and O–H groups in total. The molecule has 0 radical (unpaired) electrons. The standard InChI is InChI=1S/C13H20ClN/c1-3-8-15-9-4-5-12-7-6-11(2)10-13(12)14/h6-7,10,15H,3-5,8-9H2,1-2H3. The van der Waals surface area contributed by atoms with Crippen LogP contribution in [0.1, 0.15) is 30.9 Å². The molecule has 0 aliphatic rings. The number of benzene rings is 1. The summed E-state index contributed by atoms with van der Waals surface area (Å²) in [5.74, 6) is 0. The van der Waals surface area contributed by atoms with Crippen molar-refractivity contribution in [2.45, 2.75) is 33.1 Å². The molecule has 2 heteroatoms. The maximum absolute atomic E-state index is 6.15. The quantitative estimate of drug-likeness (QED) is 0.730. The second kappa shape index (κ2) is 6.86. The lowest BCUT2D eigenvalue weighted by atomic mass is 10.1. The molecule has 0 saturated carbocycles. The van der Waals surface area contributed by atoms with Crippen LogP contribution in [-0.2, 0) is 6.42 Å². The van der Waals surface area contributed by atoms with Gasteiger partial charge in [-0.15, -0.1) is 0 Å². The molecule has 0 saturated heterocycles. The van der Waals surface area contributed by atoms with Crippen LogP contribution < -0.4 is 5.32 Å². The molecule has 1 rings (SSSR count). The Morgan fingerprint density at radius 2 is 2.07 bits per heavy atom. The summed E-state index contributed by atoms with van der Waals surface area (Å²) in [5, 5.41) is 4.30. The van der Waals surface area contributed by atoms with E-state index in [1.54, 1.807) is 0 Å². The van der Waals surface area contributed by atoms with Gasteiger partial charge in [0.15, 0.2) is 0 Å². The molecule has 0 fully saturated rings. The lowest BCUT2D eigenvalue weighted by Crippen LogP contribution is -2.16. The zero-order valence-corrected chi connectivity index (χ0v) is 10.4. The average Bonchev–Trinajstić information content (AvgIpc) is 2.20. The summed E-state index contributed by atoms with van der Waals surface area (Å²) < 4.78 is 0. The van der Waals surface area contributed by atoms with Gasteiger partial charge in [0.1, 0.15) is 0 Å². The zero-order chi connectivity index (χ0) is 11.1. The van der Waals surface area contributed by atoms with Gasteiger partial charge in [0.25, 0.3) is 0 Å². The van der Waals surface area contributed by atoms with E-state index in [4.69, 9.17) is 11.6 Å². The van der Waals surface area contributed by atoms with E-state index in [9.17, 15) is 0 Å². The van der Waals surface area contributed by atoms with E-state index in [2.05, 4.69) is 31.3 Å². The third-order valence-electron chi connectivity index (χ3n) is 2.44. The van der Waals surface area contributed by atoms with Crippen molar-refractivity contribution in [3.05, 3.63) is 34.3 Å². The highest BCUT2D eigenvalue weighted by atomic mass is 35.5. The molecule has 0 heterocycles. The SMILES string of the molecule is CCCNCCCc1ccc(C)cc1Cl. The normalized spacial score (nSPS) is 10.6. The number of rotatable bonds is 6. The lowest BCUT2D eigenvalue weighted by molar-refractivity contribution is 0.640. The molecule has 0 aliphatic carbocycles. The topological polar surface area (TPSA) is 12.0 Å². The van der Waals surface area contributed by atoms with Gasteiger partial charge in [0.05, 0.1) is 0 Å². The van der Waals surface area contributed by atoms with Crippen molar-refractivity contribution in [1.82, 2.24) is 5.32 Å². The Hall–Kier alpha value is -0.530. The van der Waals surface area contributed by atoms with Crippen LogP contribution in [-0.4, -0.2) is 13.1 Å². The number of hydrogen-bond donors (Lipinski definition) is 1. The average molecular weight is 226 g/mol. The molecule has 0 spiro atoms. The van der Waals surface area contributed by atoms with E-state index >= 15 is 0 Å². The third kappa shape index (κ3) is 4.67. The van der Waals surface area contributed by atoms with Crippen LogP contribution in [0.4, 0.5) is 0 Å². The van der Waals surface area contributed by atoms with Crippen LogP contribution in [0.3, 0.4) is 0 Å². The molecule has 0 aromatic heterocycles. The Balaban J connectivity index is 2.31. The fourth-order valence-electron chi connectivity index (χ4n) is 1.56. The first kappa shape index (κ1) is 12.5. The zero-order valence-electron chi connectivity index (χ0n) is 9.65. The molecular weight excluding hydrogens is 206 g/mol. The molecule has 1 nitrogen and oxygen atoms in total. The van der Waals surface area contributed by atoms with E-state index < -0.39 is 0 Å². The number of hydrogen-bond acceptors (Lipinski definition) is 1. The minimum absolute atomic E-state index is 0.908. The summed E-state index contributed by atoms with van der Waals surface area (Å²) in [7, 11) is 0. The van der Waals surface area contributed by atoms with Crippen LogP contribution in [0.2, 0.25) is 5.02 Å². The smallest absolute Gasteiger partial charge is 0.0440 e. The van der Waals surface area contributed by atoms with Crippen molar-refractivity contribution in [1.29, 1.82) is 0 Å². The molecule has 0 unspecified atom stereocenters. The Kier molecular flexibility index (Phi) is 5.74. The predicted molar refractivity (Wildman–Crippen MR) is 67.7 cm³/mol. The molecule has 0 bridgehead atoms. The Morgan fingerprint density at radius 3 is 2.73 bits per heavy atom. The molecule has 0 aliphatic heterocycles. The summed E-state index contributed by atoms with van der Waals surface area (Å²) in [4.78, 5) is 0. The van der Waals surface area contributed by atoms with Gasteiger partial charge >= 0.3 is 0 Å². The van der Waals surface area contributed by atoms with Gasteiger partial charge in [-0.25, -0.2) is 0 Å². The third-order valence-corrected chi connectivity index (χ3v) is 2.79. The van der Waals surface area contributed by atoms with Gasteiger partial charge < -0.3 is 5.32 Å². The van der Waals surface area contributed by atoms with Gasteiger partial charge in [-0.2, -0.15) is 0 Å². The molecule has 1 aromatic carbocycles. The van der Waals surface area contributed by atoms with E-state index in [1.165, 1.54) is 17.5 Å². The Labute approximate surface area is 97.8 Å². The molecule has 84 valence electrons. The van der Waals surface area contributed by atoms with Gasteiger partial charge in [-0.1, -0.05) is 30.7 Å². The summed E-state index contributed by atoms with van der Waals surface area (Å²) in [6.45, 7) is 6.45. The van der Waals surface area contributed by atoms with Crippen molar-refractivity contribution in [2.75, 3.05) is 13.1 Å². The van der Waals surface area contributed by atoms with Crippen molar-refractivity contribution >= 4 is 11.6 Å². The van der Waals surface area contributed by atoms with Crippen LogP contribution in [0.25, 0.3) is 0 Å². The minimum Gasteiger partial charge on any atom is -0.317 e. The fourth-order valence-corrected chi connectivity index (χ4v) is 1.89. The van der Waals surface area contributed by atoms with Crippen LogP contribution >= 0.6 is 11.6 Å². The highest BCUT2D eigenvalue weighted by Crippen LogP contribution is 2.18. The highest BCUT2D eigenvalue weighted by molar-refractivity contribution is 6.31. The van der Waals surface area contributed by atoms with Crippen molar-refractivity contribution < 1.29 is 0 Å². The number of aryl methyl sites for hydroxylation is 2. The van der Waals surface area contributed by atoms with Crippen LogP contribution in [0.15, 0.2) is 18.2 Å². The monoisotopic (exact) mass is 225 g/mol. The van der Waals surface area contributed by atoms with Crippen LogP contribution in [0, 0.1) is 6.92 Å². The lowest BCUT2D eigenvalue weighted by Gasteiger charge is -2.06. The van der Waals surface area contributed by atoms with Crippen LogP contribution in [0.5, 0.6) is 0 Å². The first-order chi connectivity index (χ1) is 7.24. The molecule has 1 aromatic rings. The van der Waals surface area contributed by atoms with E-state index in [1.807, 2.05) is 6.07 Å².